The molecule has 0 spiro atoms. The maximum Gasteiger partial charge on any atom is 0.355 e. The quantitative estimate of drug-likeness (QED) is 0.746. The van der Waals surface area contributed by atoms with Crippen molar-refractivity contribution < 1.29 is 23.9 Å². The van der Waals surface area contributed by atoms with E-state index in [1.54, 1.807) is 40.3 Å². The maximum absolute atomic E-state index is 12.4. The molecule has 7 nitrogen and oxygen atoms in total. The first-order valence-electron chi connectivity index (χ1n) is 8.95. The van der Waals surface area contributed by atoms with E-state index in [-0.39, 0.29) is 23.2 Å². The minimum absolute atomic E-state index is 0.0534. The largest absolute Gasteiger partial charge is 0.465 e. The Morgan fingerprint density at radius 3 is 2.21 bits per heavy atom. The van der Waals surface area contributed by atoms with Gasteiger partial charge in [-0.2, -0.15) is 0 Å². The third-order valence-electron chi connectivity index (χ3n) is 4.78. The predicted molar refractivity (Wildman–Crippen MR) is 104 cm³/mol. The summed E-state index contributed by atoms with van der Waals surface area (Å²) in [6.07, 6.45) is 7.90. The van der Waals surface area contributed by atoms with E-state index in [0.717, 1.165) is 12.1 Å². The summed E-state index contributed by atoms with van der Waals surface area (Å²) in [5.41, 5.74) is 1.58. The second-order valence-corrected chi connectivity index (χ2v) is 6.48. The lowest BCUT2D eigenvalue weighted by Crippen LogP contribution is -2.30. The zero-order valence-corrected chi connectivity index (χ0v) is 16.0. The summed E-state index contributed by atoms with van der Waals surface area (Å²) in [5, 5.41) is 0. The van der Waals surface area contributed by atoms with Crippen molar-refractivity contribution in [3.8, 4) is 0 Å². The average molecular weight is 382 g/mol. The van der Waals surface area contributed by atoms with Gasteiger partial charge in [0.1, 0.15) is 5.70 Å². The fourth-order valence-corrected chi connectivity index (χ4v) is 3.37. The fraction of sp³-hybridized carbons (Fsp3) is 0.286. The van der Waals surface area contributed by atoms with Crippen LogP contribution < -0.4 is 9.80 Å². The van der Waals surface area contributed by atoms with Gasteiger partial charge in [-0.05, 0) is 49.8 Å². The molecule has 1 atom stereocenters. The van der Waals surface area contributed by atoms with Crippen LogP contribution in [-0.4, -0.2) is 38.1 Å². The number of rotatable bonds is 4. The van der Waals surface area contributed by atoms with Crippen LogP contribution in [0, 0.1) is 0 Å². The molecule has 1 unspecified atom stereocenters. The normalized spacial score (nSPS) is 19.1. The Morgan fingerprint density at radius 1 is 1.00 bits per heavy atom. The van der Waals surface area contributed by atoms with Gasteiger partial charge in [-0.25, -0.2) is 9.59 Å². The molecule has 0 N–H and O–H groups in total. The second kappa shape index (κ2) is 8.12. The Labute approximate surface area is 163 Å². The van der Waals surface area contributed by atoms with Crippen LogP contribution in [0.25, 0.3) is 0 Å². The van der Waals surface area contributed by atoms with Crippen molar-refractivity contribution >= 4 is 29.2 Å². The van der Waals surface area contributed by atoms with Crippen molar-refractivity contribution in [2.45, 2.75) is 25.8 Å². The number of benzene rings is 1. The van der Waals surface area contributed by atoms with Gasteiger partial charge in [-0.3, -0.25) is 4.79 Å². The van der Waals surface area contributed by atoms with Crippen LogP contribution in [0.2, 0.25) is 0 Å². The average Bonchev–Trinajstić information content (AvgIpc) is 2.92. The number of carbonyl (C=O) groups excluding carboxylic acids is 3. The lowest BCUT2D eigenvalue weighted by molar-refractivity contribution is -0.139. The van der Waals surface area contributed by atoms with Crippen molar-refractivity contribution in [3.63, 3.8) is 0 Å². The molecule has 1 aromatic carbocycles. The van der Waals surface area contributed by atoms with Crippen LogP contribution in [0.15, 0.2) is 60.0 Å². The summed E-state index contributed by atoms with van der Waals surface area (Å²) in [6, 6.07) is 7.39. The van der Waals surface area contributed by atoms with Gasteiger partial charge in [-0.1, -0.05) is 6.08 Å². The molecule has 0 aliphatic carbocycles. The van der Waals surface area contributed by atoms with E-state index in [4.69, 9.17) is 9.47 Å². The topological polar surface area (TPSA) is 76.2 Å². The number of hydrogen-bond donors (Lipinski definition) is 0. The van der Waals surface area contributed by atoms with Gasteiger partial charge in [0.25, 0.3) is 0 Å². The van der Waals surface area contributed by atoms with Gasteiger partial charge in [0, 0.05) is 30.0 Å². The Morgan fingerprint density at radius 2 is 1.64 bits per heavy atom. The van der Waals surface area contributed by atoms with Crippen LogP contribution >= 0.6 is 0 Å². The molecule has 0 bridgehead atoms. The molecule has 1 fully saturated rings. The van der Waals surface area contributed by atoms with Crippen LogP contribution in [-0.2, 0) is 23.9 Å². The van der Waals surface area contributed by atoms with Crippen molar-refractivity contribution in [1.82, 2.24) is 0 Å². The lowest BCUT2D eigenvalue weighted by atomic mass is 10.1. The van der Waals surface area contributed by atoms with E-state index in [1.807, 2.05) is 19.1 Å². The molecule has 2 aliphatic rings. The number of carbonyl (C=O) groups is 3. The summed E-state index contributed by atoms with van der Waals surface area (Å²) in [4.78, 5) is 40.1. The predicted octanol–water partition coefficient (Wildman–Crippen LogP) is 2.69. The maximum atomic E-state index is 12.4. The van der Waals surface area contributed by atoms with Crippen LogP contribution in [0.4, 0.5) is 11.4 Å². The summed E-state index contributed by atoms with van der Waals surface area (Å²) in [5.74, 6) is -1.20. The smallest absolute Gasteiger partial charge is 0.355 e. The van der Waals surface area contributed by atoms with Crippen molar-refractivity contribution in [1.29, 1.82) is 0 Å². The molecule has 1 saturated heterocycles. The first kappa shape index (κ1) is 19.4. The highest BCUT2D eigenvalue weighted by Gasteiger charge is 2.30. The highest BCUT2D eigenvalue weighted by Crippen LogP contribution is 2.31. The molecule has 146 valence electrons. The van der Waals surface area contributed by atoms with Gasteiger partial charge >= 0.3 is 11.9 Å². The first-order chi connectivity index (χ1) is 13.5. The minimum Gasteiger partial charge on any atom is -0.465 e. The van der Waals surface area contributed by atoms with E-state index in [9.17, 15) is 14.4 Å². The first-order valence-corrected chi connectivity index (χ1v) is 8.95. The summed E-state index contributed by atoms with van der Waals surface area (Å²) >= 11 is 0. The molecule has 2 aliphatic heterocycles. The number of hydrogen-bond acceptors (Lipinski definition) is 6. The number of anilines is 2. The van der Waals surface area contributed by atoms with E-state index < -0.39 is 11.9 Å². The lowest BCUT2D eigenvalue weighted by Gasteiger charge is -2.25. The summed E-state index contributed by atoms with van der Waals surface area (Å²) < 4.78 is 9.70. The number of esters is 2. The molecular weight excluding hydrogens is 360 g/mol. The summed E-state index contributed by atoms with van der Waals surface area (Å²) in [7, 11) is 2.51. The highest BCUT2D eigenvalue weighted by atomic mass is 16.5. The van der Waals surface area contributed by atoms with Crippen LogP contribution in [0.5, 0.6) is 0 Å². The van der Waals surface area contributed by atoms with Crippen molar-refractivity contribution in [2.75, 3.05) is 24.0 Å². The van der Waals surface area contributed by atoms with Crippen LogP contribution in [0.1, 0.15) is 19.8 Å². The van der Waals surface area contributed by atoms with Gasteiger partial charge in [0.05, 0.1) is 19.8 Å². The number of amides is 1. The van der Waals surface area contributed by atoms with Gasteiger partial charge in [-0.15, -0.1) is 0 Å². The molecule has 28 heavy (non-hydrogen) atoms. The number of ether oxygens (including phenoxy) is 2. The van der Waals surface area contributed by atoms with Gasteiger partial charge in [0.15, 0.2) is 0 Å². The number of methoxy groups -OCH3 is 2. The number of nitrogens with zero attached hydrogens (tertiary/aromatic N) is 2. The molecular formula is C21H22N2O5. The van der Waals surface area contributed by atoms with Gasteiger partial charge in [0.2, 0.25) is 5.91 Å². The molecule has 1 aromatic rings. The zero-order chi connectivity index (χ0) is 20.3. The monoisotopic (exact) mass is 382 g/mol. The Bertz CT molecular complexity index is 883. The zero-order valence-electron chi connectivity index (χ0n) is 16.0. The van der Waals surface area contributed by atoms with E-state index in [0.29, 0.717) is 12.1 Å². The van der Waals surface area contributed by atoms with Gasteiger partial charge < -0.3 is 19.3 Å². The summed E-state index contributed by atoms with van der Waals surface area (Å²) in [6.45, 7) is 2.02. The molecule has 0 saturated carbocycles. The van der Waals surface area contributed by atoms with Crippen molar-refractivity contribution in [2.24, 2.45) is 0 Å². The minimum atomic E-state index is -0.663. The van der Waals surface area contributed by atoms with E-state index in [2.05, 4.69) is 0 Å². The standard InChI is InChI=1S/C21H22N2O5/c1-14-7-12-18(24)23(14)16-10-8-15(9-11-16)22-13-5-4-6-17(20(25)27-2)19(22)21(26)28-3/h4-6,8-11,13-14H,7,12H2,1-3H3. The SMILES string of the molecule is COC(=O)C1=C(C(=O)OC)N(c2ccc(N3C(=O)CCC3C)cc2)C=CC=C1. The fourth-order valence-electron chi connectivity index (χ4n) is 3.37. The van der Waals surface area contributed by atoms with Crippen LogP contribution in [0.3, 0.4) is 0 Å². The molecule has 0 aromatic heterocycles. The Kier molecular flexibility index (Phi) is 5.63. The molecule has 3 rings (SSSR count). The van der Waals surface area contributed by atoms with E-state index in [1.165, 1.54) is 20.3 Å². The molecule has 7 heteroatoms. The Hall–Kier alpha value is -3.35. The second-order valence-electron chi connectivity index (χ2n) is 6.48. The highest BCUT2D eigenvalue weighted by molar-refractivity contribution is 6.05. The Balaban J connectivity index is 2.01. The molecule has 2 heterocycles. The van der Waals surface area contributed by atoms with E-state index >= 15 is 0 Å². The third-order valence-corrected chi connectivity index (χ3v) is 4.78. The molecule has 1 amide bonds. The number of allylic oxidation sites excluding steroid dienone is 2. The third kappa shape index (κ3) is 3.55. The van der Waals surface area contributed by atoms with Crippen molar-refractivity contribution in [3.05, 3.63) is 60.0 Å². The molecule has 0 radical (unpaired) electrons.